The number of phenols is 1. The van der Waals surface area contributed by atoms with E-state index in [4.69, 9.17) is 19.9 Å². The lowest BCUT2D eigenvalue weighted by molar-refractivity contribution is -0.157. The highest BCUT2D eigenvalue weighted by Gasteiger charge is 2.56. The number of amides is 2. The van der Waals surface area contributed by atoms with Gasteiger partial charge >= 0.3 is 5.97 Å². The van der Waals surface area contributed by atoms with Crippen LogP contribution in [-0.2, 0) is 20.7 Å². The molecule has 5 unspecified atom stereocenters. The fourth-order valence-electron chi connectivity index (χ4n) is 7.90. The topological polar surface area (TPSA) is 137 Å². The molecule has 0 heterocycles. The summed E-state index contributed by atoms with van der Waals surface area (Å²) in [5.41, 5.74) is 8.13. The van der Waals surface area contributed by atoms with Crippen LogP contribution in [0, 0.1) is 17.3 Å². The van der Waals surface area contributed by atoms with Gasteiger partial charge in [0.2, 0.25) is 5.91 Å². The molecule has 226 valence electrons. The quantitative estimate of drug-likeness (QED) is 0.193. The van der Waals surface area contributed by atoms with Crippen molar-refractivity contribution in [2.75, 3.05) is 19.5 Å². The third-order valence-electron chi connectivity index (χ3n) is 10.0. The van der Waals surface area contributed by atoms with Crippen LogP contribution in [0.1, 0.15) is 92.1 Å². The Morgan fingerprint density at radius 1 is 1.02 bits per heavy atom. The molecule has 9 heteroatoms. The third-order valence-corrected chi connectivity index (χ3v) is 10.0. The van der Waals surface area contributed by atoms with Gasteiger partial charge in [-0.1, -0.05) is 13.0 Å². The van der Waals surface area contributed by atoms with Gasteiger partial charge in [-0.05, 0) is 105 Å². The van der Waals surface area contributed by atoms with Gasteiger partial charge in [-0.25, -0.2) is 0 Å². The number of carbonyl (C=O) groups is 3. The summed E-state index contributed by atoms with van der Waals surface area (Å²) >= 11 is 0. The highest BCUT2D eigenvalue weighted by molar-refractivity contribution is 6.02. The smallest absolute Gasteiger partial charge is 0.306 e. The molecule has 5 rings (SSSR count). The number of primary amides is 1. The molecular weight excluding hydrogens is 536 g/mol. The lowest BCUT2D eigenvalue weighted by Crippen LogP contribution is -2.45. The highest BCUT2D eigenvalue weighted by Crippen LogP contribution is 2.61. The number of nitrogens with one attached hydrogen (secondary N) is 1. The van der Waals surface area contributed by atoms with Crippen LogP contribution in [0.4, 0.5) is 5.69 Å². The molecule has 0 aliphatic heterocycles. The number of methoxy groups -OCH3 is 2. The first kappa shape index (κ1) is 29.7. The number of hydrogen-bond donors (Lipinski definition) is 3. The summed E-state index contributed by atoms with van der Waals surface area (Å²) < 4.78 is 16.6. The number of nitrogens with two attached hydrogens (primary N) is 1. The van der Waals surface area contributed by atoms with Crippen LogP contribution >= 0.6 is 0 Å². The van der Waals surface area contributed by atoms with Gasteiger partial charge in [-0.3, -0.25) is 14.4 Å². The predicted molar refractivity (Wildman–Crippen MR) is 158 cm³/mol. The molecule has 0 spiro atoms. The summed E-state index contributed by atoms with van der Waals surface area (Å²) in [7, 11) is 3.07. The van der Waals surface area contributed by atoms with Crippen molar-refractivity contribution in [2.24, 2.45) is 23.0 Å². The van der Waals surface area contributed by atoms with E-state index in [1.54, 1.807) is 7.11 Å². The van der Waals surface area contributed by atoms with Gasteiger partial charge < -0.3 is 30.4 Å². The van der Waals surface area contributed by atoms with Crippen molar-refractivity contribution < 1.29 is 33.7 Å². The highest BCUT2D eigenvalue weighted by atomic mass is 16.5. The van der Waals surface area contributed by atoms with Gasteiger partial charge in [0.05, 0.1) is 19.9 Å². The van der Waals surface area contributed by atoms with Crippen molar-refractivity contribution in [3.63, 3.8) is 0 Å². The zero-order chi connectivity index (χ0) is 30.0. The van der Waals surface area contributed by atoms with Crippen LogP contribution in [0.5, 0.6) is 17.2 Å². The number of aryl methyl sites for hydroxylation is 1. The number of anilines is 1. The second-order valence-corrected chi connectivity index (χ2v) is 12.2. The van der Waals surface area contributed by atoms with Crippen LogP contribution in [0.3, 0.4) is 0 Å². The minimum absolute atomic E-state index is 0.00478. The van der Waals surface area contributed by atoms with Crippen LogP contribution in [-0.4, -0.2) is 43.2 Å². The number of fused-ring (bicyclic) bond motifs is 5. The Hall–Kier alpha value is -3.75. The number of rotatable bonds is 10. The van der Waals surface area contributed by atoms with E-state index in [0.717, 1.165) is 37.9 Å². The largest absolute Gasteiger partial charge is 0.505 e. The summed E-state index contributed by atoms with van der Waals surface area (Å²) in [6, 6.07) is 9.45. The summed E-state index contributed by atoms with van der Waals surface area (Å²) in [4.78, 5) is 37.0. The number of carbonyl (C=O) groups excluding carboxylic acids is 3. The van der Waals surface area contributed by atoms with E-state index in [1.807, 2.05) is 0 Å². The Morgan fingerprint density at radius 3 is 2.55 bits per heavy atom. The average Bonchev–Trinajstić information content (AvgIpc) is 3.31. The van der Waals surface area contributed by atoms with Crippen molar-refractivity contribution in [3.05, 3.63) is 47.0 Å². The van der Waals surface area contributed by atoms with Gasteiger partial charge in [0.25, 0.3) is 5.91 Å². The van der Waals surface area contributed by atoms with Crippen LogP contribution in [0.2, 0.25) is 0 Å². The number of unbranched alkanes of at least 4 members (excludes halogenated alkanes) is 1. The van der Waals surface area contributed by atoms with Gasteiger partial charge in [0, 0.05) is 18.3 Å². The van der Waals surface area contributed by atoms with E-state index in [2.05, 4.69) is 30.4 Å². The van der Waals surface area contributed by atoms with Crippen molar-refractivity contribution in [2.45, 2.75) is 83.2 Å². The van der Waals surface area contributed by atoms with Crippen molar-refractivity contribution in [1.82, 2.24) is 0 Å². The van der Waals surface area contributed by atoms with Crippen molar-refractivity contribution in [1.29, 1.82) is 0 Å². The molecule has 0 bridgehead atoms. The maximum absolute atomic E-state index is 12.8. The Balaban J connectivity index is 1.09. The molecule has 5 atom stereocenters. The first-order valence-electron chi connectivity index (χ1n) is 15.0. The Kier molecular flexibility index (Phi) is 8.66. The first-order chi connectivity index (χ1) is 20.2. The Bertz CT molecular complexity index is 1360. The molecule has 9 nitrogen and oxygen atoms in total. The summed E-state index contributed by atoms with van der Waals surface area (Å²) in [5.74, 6) is 0.954. The van der Waals surface area contributed by atoms with E-state index >= 15 is 0 Å². The number of ether oxygens (including phenoxy) is 3. The molecule has 42 heavy (non-hydrogen) atoms. The first-order valence-corrected chi connectivity index (χ1v) is 15.0. The number of aromatic hydroxyl groups is 1. The Morgan fingerprint density at radius 2 is 1.81 bits per heavy atom. The van der Waals surface area contributed by atoms with Crippen LogP contribution in [0.15, 0.2) is 30.3 Å². The molecule has 2 amide bonds. The molecule has 2 aromatic carbocycles. The number of benzene rings is 2. The summed E-state index contributed by atoms with van der Waals surface area (Å²) in [6.45, 7) is 2.32. The molecular formula is C33H42N2O7. The minimum Gasteiger partial charge on any atom is -0.505 e. The standard InChI is InChI=1S/C33H42N2O7/c1-33-17-16-22-21-11-9-20(40-2)18-19(21)8-10-23(22)24(33)12-15-27(33)42-29(37)7-5-4-6-28(36)35-25-13-14-26(41-3)30(31(25)38)32(34)39/h9,11,13-14,18,22-24,27,38H,4-8,10,12,15-17H2,1-3H3,(H2,34,39)(H,35,36). The summed E-state index contributed by atoms with van der Waals surface area (Å²) in [6.07, 6.45) is 7.77. The number of hydrogen-bond acceptors (Lipinski definition) is 7. The maximum atomic E-state index is 12.8. The third kappa shape index (κ3) is 5.65. The molecule has 2 aromatic rings. The predicted octanol–water partition coefficient (Wildman–Crippen LogP) is 5.48. The molecule has 3 aliphatic carbocycles. The molecule has 2 fully saturated rings. The van der Waals surface area contributed by atoms with Gasteiger partial charge in [-0.15, -0.1) is 0 Å². The second-order valence-electron chi connectivity index (χ2n) is 12.2. The van der Waals surface area contributed by atoms with E-state index in [-0.39, 0.29) is 53.2 Å². The van der Waals surface area contributed by atoms with Gasteiger partial charge in [0.1, 0.15) is 23.2 Å². The van der Waals surface area contributed by atoms with Crippen LogP contribution < -0.4 is 20.5 Å². The summed E-state index contributed by atoms with van der Waals surface area (Å²) in [5, 5.41) is 13.0. The molecule has 3 aliphatic rings. The van der Waals surface area contributed by atoms with Gasteiger partial charge in [-0.2, -0.15) is 0 Å². The monoisotopic (exact) mass is 578 g/mol. The van der Waals surface area contributed by atoms with E-state index in [1.165, 1.54) is 36.8 Å². The van der Waals surface area contributed by atoms with E-state index in [0.29, 0.717) is 30.6 Å². The van der Waals surface area contributed by atoms with Crippen molar-refractivity contribution >= 4 is 23.5 Å². The molecule has 4 N–H and O–H groups in total. The van der Waals surface area contributed by atoms with Crippen molar-refractivity contribution in [3.8, 4) is 17.2 Å². The lowest BCUT2D eigenvalue weighted by Gasteiger charge is -2.50. The van der Waals surface area contributed by atoms with Crippen LogP contribution in [0.25, 0.3) is 0 Å². The lowest BCUT2D eigenvalue weighted by atomic mass is 9.55. The molecule has 0 saturated heterocycles. The van der Waals surface area contributed by atoms with Gasteiger partial charge in [0.15, 0.2) is 5.75 Å². The van der Waals surface area contributed by atoms with E-state index in [9.17, 15) is 19.5 Å². The normalized spacial score (nSPS) is 25.9. The fourth-order valence-corrected chi connectivity index (χ4v) is 7.90. The molecule has 0 radical (unpaired) electrons. The fraction of sp³-hybridized carbons (Fsp3) is 0.545. The SMILES string of the molecule is COc1ccc2c(c1)CCC1C2CCC2(C)C(OC(=O)CCCCC(=O)Nc3ccc(OC)c(C(N)=O)c3O)CCC12. The minimum atomic E-state index is -0.862. The zero-order valence-electron chi connectivity index (χ0n) is 24.7. The van der Waals surface area contributed by atoms with E-state index < -0.39 is 11.7 Å². The average molecular weight is 579 g/mol. The maximum Gasteiger partial charge on any atom is 0.306 e. The second kappa shape index (κ2) is 12.2. The zero-order valence-corrected chi connectivity index (χ0v) is 24.7. The Labute approximate surface area is 247 Å². The molecule has 0 aromatic heterocycles. The molecule has 2 saturated carbocycles. The number of esters is 1.